The minimum absolute atomic E-state index is 0.0726. The molecule has 6 nitrogen and oxygen atoms in total. The molecule has 0 radical (unpaired) electrons. The van der Waals surface area contributed by atoms with Crippen LogP contribution in [0.25, 0.3) is 10.9 Å². The number of carbonyl (C=O) groups is 2. The molecule has 0 aliphatic heterocycles. The Morgan fingerprint density at radius 1 is 1.32 bits per heavy atom. The quantitative estimate of drug-likeness (QED) is 0.851. The van der Waals surface area contributed by atoms with Gasteiger partial charge in [0, 0.05) is 12.4 Å². The molecule has 2 rings (SSSR count). The number of nitrogens with one attached hydrogen (secondary N) is 1. The van der Waals surface area contributed by atoms with Gasteiger partial charge in [0.2, 0.25) is 5.91 Å². The number of rotatable bonds is 6. The fraction of sp³-hybridized carbons (Fsp3) is 0.438. The van der Waals surface area contributed by atoms with Gasteiger partial charge in [0.15, 0.2) is 0 Å². The number of hydrogen-bond donors (Lipinski definition) is 2. The maximum Gasteiger partial charge on any atom is 0.326 e. The number of benzene rings is 1. The highest BCUT2D eigenvalue weighted by Gasteiger charge is 2.22. The number of amides is 1. The topological polar surface area (TPSA) is 84.2 Å². The number of carboxylic acids is 1. The molecule has 1 aromatic heterocycles. The molecule has 1 aromatic carbocycles. The highest BCUT2D eigenvalue weighted by molar-refractivity contribution is 5.89. The highest BCUT2D eigenvalue weighted by atomic mass is 16.4. The van der Waals surface area contributed by atoms with Crippen LogP contribution in [0.3, 0.4) is 0 Å². The number of aryl methyl sites for hydroxylation is 1. The summed E-state index contributed by atoms with van der Waals surface area (Å²) >= 11 is 0. The molecule has 0 unspecified atom stereocenters. The maximum absolute atomic E-state index is 12.1. The number of aromatic nitrogens is 2. The van der Waals surface area contributed by atoms with Crippen LogP contribution in [-0.2, 0) is 23.1 Å². The third-order valence-electron chi connectivity index (χ3n) is 3.50. The second-order valence-electron chi connectivity index (χ2n) is 5.85. The normalized spacial score (nSPS) is 12.5. The summed E-state index contributed by atoms with van der Waals surface area (Å²) in [5.74, 6) is -1.14. The molecule has 0 saturated carbocycles. The summed E-state index contributed by atoms with van der Waals surface area (Å²) in [7, 11) is 1.82. The first-order chi connectivity index (χ1) is 10.4. The summed E-state index contributed by atoms with van der Waals surface area (Å²) in [6, 6.07) is 6.79. The van der Waals surface area contributed by atoms with Gasteiger partial charge in [-0.15, -0.1) is 0 Å². The predicted octanol–water partition coefficient (Wildman–Crippen LogP) is 1.73. The molecule has 2 aromatic rings. The van der Waals surface area contributed by atoms with Gasteiger partial charge in [-0.05, 0) is 18.4 Å². The van der Waals surface area contributed by atoms with Crippen molar-refractivity contribution in [3.05, 3.63) is 30.0 Å². The SMILES string of the molecule is CC(C)C[C@@H](NC(=O)Cc1nn(C)c2ccccc12)C(=O)O. The van der Waals surface area contributed by atoms with Gasteiger partial charge in [0.05, 0.1) is 17.6 Å². The zero-order valence-corrected chi connectivity index (χ0v) is 13.0. The van der Waals surface area contributed by atoms with E-state index in [-0.39, 0.29) is 18.2 Å². The second kappa shape index (κ2) is 6.60. The molecule has 1 atom stereocenters. The molecule has 1 heterocycles. The van der Waals surface area contributed by atoms with E-state index in [4.69, 9.17) is 0 Å². The van der Waals surface area contributed by atoms with Crippen LogP contribution in [0.5, 0.6) is 0 Å². The van der Waals surface area contributed by atoms with Crippen molar-refractivity contribution in [1.29, 1.82) is 0 Å². The molecule has 0 bridgehead atoms. The molecular weight excluding hydrogens is 282 g/mol. The minimum atomic E-state index is -1.01. The van der Waals surface area contributed by atoms with E-state index in [1.165, 1.54) is 0 Å². The molecule has 0 aliphatic carbocycles. The molecule has 2 N–H and O–H groups in total. The molecule has 0 fully saturated rings. The standard InChI is InChI=1S/C16H21N3O3/c1-10(2)8-13(16(21)22)17-15(20)9-12-11-6-4-5-7-14(11)19(3)18-12/h4-7,10,13H,8-9H2,1-3H3,(H,17,20)(H,21,22)/t13-/m1/s1. The molecule has 118 valence electrons. The van der Waals surface area contributed by atoms with Crippen LogP contribution in [0.1, 0.15) is 26.0 Å². The Labute approximate surface area is 129 Å². The van der Waals surface area contributed by atoms with Gasteiger partial charge in [0.1, 0.15) is 6.04 Å². The van der Waals surface area contributed by atoms with Gasteiger partial charge < -0.3 is 10.4 Å². The van der Waals surface area contributed by atoms with Gasteiger partial charge in [-0.3, -0.25) is 9.48 Å². The Morgan fingerprint density at radius 3 is 2.64 bits per heavy atom. The number of nitrogens with zero attached hydrogens (tertiary/aromatic N) is 2. The predicted molar refractivity (Wildman–Crippen MR) is 83.4 cm³/mol. The Kier molecular flexibility index (Phi) is 4.80. The molecule has 6 heteroatoms. The van der Waals surface area contributed by atoms with E-state index < -0.39 is 12.0 Å². The Bertz CT molecular complexity index is 691. The Morgan fingerprint density at radius 2 is 2.00 bits per heavy atom. The Hall–Kier alpha value is -2.37. The van der Waals surface area contributed by atoms with E-state index in [0.29, 0.717) is 12.1 Å². The number of aliphatic carboxylic acids is 1. The Balaban J connectivity index is 2.12. The van der Waals surface area contributed by atoms with Crippen molar-refractivity contribution in [3.63, 3.8) is 0 Å². The summed E-state index contributed by atoms with van der Waals surface area (Å²) in [5, 5.41) is 17.0. The molecule has 1 amide bonds. The minimum Gasteiger partial charge on any atom is -0.480 e. The summed E-state index contributed by atoms with van der Waals surface area (Å²) in [4.78, 5) is 23.3. The van der Waals surface area contributed by atoms with E-state index in [0.717, 1.165) is 10.9 Å². The molecule has 0 saturated heterocycles. The lowest BCUT2D eigenvalue weighted by atomic mass is 10.0. The summed E-state index contributed by atoms with van der Waals surface area (Å²) in [6.07, 6.45) is 0.479. The number of fused-ring (bicyclic) bond motifs is 1. The van der Waals surface area contributed by atoms with Crippen molar-refractivity contribution in [3.8, 4) is 0 Å². The van der Waals surface area contributed by atoms with Gasteiger partial charge in [-0.25, -0.2) is 4.79 Å². The number of para-hydroxylation sites is 1. The van der Waals surface area contributed by atoms with Gasteiger partial charge in [-0.1, -0.05) is 32.0 Å². The van der Waals surface area contributed by atoms with Crippen molar-refractivity contribution in [2.75, 3.05) is 0 Å². The van der Waals surface area contributed by atoms with E-state index in [1.807, 2.05) is 45.2 Å². The van der Waals surface area contributed by atoms with Crippen molar-refractivity contribution >= 4 is 22.8 Å². The zero-order valence-electron chi connectivity index (χ0n) is 13.0. The number of carboxylic acid groups (broad SMARTS) is 1. The van der Waals surface area contributed by atoms with Crippen LogP contribution in [0, 0.1) is 5.92 Å². The van der Waals surface area contributed by atoms with Crippen molar-refractivity contribution < 1.29 is 14.7 Å². The van der Waals surface area contributed by atoms with Crippen LogP contribution >= 0.6 is 0 Å². The smallest absolute Gasteiger partial charge is 0.326 e. The summed E-state index contributed by atoms with van der Waals surface area (Å²) in [6.45, 7) is 3.85. The summed E-state index contributed by atoms with van der Waals surface area (Å²) in [5.41, 5.74) is 1.60. The first kappa shape index (κ1) is 16.0. The fourth-order valence-electron chi connectivity index (χ4n) is 2.51. The van der Waals surface area contributed by atoms with Crippen molar-refractivity contribution in [2.24, 2.45) is 13.0 Å². The first-order valence-corrected chi connectivity index (χ1v) is 7.31. The van der Waals surface area contributed by atoms with E-state index in [9.17, 15) is 14.7 Å². The maximum atomic E-state index is 12.1. The summed E-state index contributed by atoms with van der Waals surface area (Å²) < 4.78 is 1.72. The highest BCUT2D eigenvalue weighted by Crippen LogP contribution is 2.17. The molecular formula is C16H21N3O3. The van der Waals surface area contributed by atoms with Gasteiger partial charge >= 0.3 is 5.97 Å². The first-order valence-electron chi connectivity index (χ1n) is 7.31. The number of hydrogen-bond acceptors (Lipinski definition) is 3. The third-order valence-corrected chi connectivity index (χ3v) is 3.50. The zero-order chi connectivity index (χ0) is 16.3. The van der Waals surface area contributed by atoms with Crippen LogP contribution in [0.2, 0.25) is 0 Å². The van der Waals surface area contributed by atoms with Crippen LogP contribution < -0.4 is 5.32 Å². The average molecular weight is 303 g/mol. The average Bonchev–Trinajstić information content (AvgIpc) is 2.74. The lowest BCUT2D eigenvalue weighted by Gasteiger charge is -2.16. The van der Waals surface area contributed by atoms with Crippen LogP contribution in [-0.4, -0.2) is 32.8 Å². The molecule has 22 heavy (non-hydrogen) atoms. The van der Waals surface area contributed by atoms with Crippen molar-refractivity contribution in [1.82, 2.24) is 15.1 Å². The number of carbonyl (C=O) groups excluding carboxylic acids is 1. The van der Waals surface area contributed by atoms with E-state index >= 15 is 0 Å². The fourth-order valence-corrected chi connectivity index (χ4v) is 2.51. The van der Waals surface area contributed by atoms with Crippen molar-refractivity contribution in [2.45, 2.75) is 32.7 Å². The largest absolute Gasteiger partial charge is 0.480 e. The molecule has 0 aliphatic rings. The second-order valence-corrected chi connectivity index (χ2v) is 5.85. The lowest BCUT2D eigenvalue weighted by molar-refractivity contribution is -0.142. The van der Waals surface area contributed by atoms with Gasteiger partial charge in [-0.2, -0.15) is 5.10 Å². The lowest BCUT2D eigenvalue weighted by Crippen LogP contribution is -2.42. The van der Waals surface area contributed by atoms with Crippen LogP contribution in [0.15, 0.2) is 24.3 Å². The van der Waals surface area contributed by atoms with Gasteiger partial charge in [0.25, 0.3) is 0 Å². The van der Waals surface area contributed by atoms with Crippen LogP contribution in [0.4, 0.5) is 0 Å². The molecule has 0 spiro atoms. The monoisotopic (exact) mass is 303 g/mol. The van der Waals surface area contributed by atoms with E-state index in [2.05, 4.69) is 10.4 Å². The third kappa shape index (κ3) is 3.63. The van der Waals surface area contributed by atoms with E-state index in [1.54, 1.807) is 4.68 Å².